The molecule has 0 spiro atoms. The van der Waals surface area contributed by atoms with E-state index in [9.17, 15) is 0 Å². The second-order valence-electron chi connectivity index (χ2n) is 4.02. The van der Waals surface area contributed by atoms with Gasteiger partial charge < -0.3 is 0 Å². The lowest BCUT2D eigenvalue weighted by Gasteiger charge is -2.05. The molecule has 4 rings (SSSR count). The molecule has 4 aromatic rings. The molecule has 0 N–H and O–H groups in total. The topological polar surface area (TPSA) is 64.5 Å². The maximum Gasteiger partial charge on any atom is 0.142 e. The summed E-state index contributed by atoms with van der Waals surface area (Å²) in [5, 5.41) is 18.6. The SMILES string of the molecule is c1ccc2c(c1)c1cccnc1c1nnnnc21. The third kappa shape index (κ3) is 1.13. The molecule has 18 heavy (non-hydrogen) atoms. The van der Waals surface area contributed by atoms with E-state index in [-0.39, 0.29) is 0 Å². The van der Waals surface area contributed by atoms with Crippen LogP contribution in [-0.2, 0) is 0 Å². The van der Waals surface area contributed by atoms with Crippen molar-refractivity contribution < 1.29 is 0 Å². The highest BCUT2D eigenvalue weighted by Crippen LogP contribution is 2.30. The number of fused-ring (bicyclic) bond motifs is 6. The van der Waals surface area contributed by atoms with Crippen LogP contribution < -0.4 is 0 Å². The van der Waals surface area contributed by atoms with Gasteiger partial charge >= 0.3 is 0 Å². The maximum atomic E-state index is 4.39. The first-order valence-corrected chi connectivity index (χ1v) is 5.56. The fourth-order valence-electron chi connectivity index (χ4n) is 2.30. The van der Waals surface area contributed by atoms with Crippen LogP contribution in [0.15, 0.2) is 42.6 Å². The van der Waals surface area contributed by atoms with Gasteiger partial charge in [-0.05, 0) is 21.9 Å². The molecular formula is C13H7N5. The Hall–Kier alpha value is -2.69. The molecule has 5 nitrogen and oxygen atoms in total. The molecule has 0 fully saturated rings. The zero-order chi connectivity index (χ0) is 11.9. The largest absolute Gasteiger partial charge is 0.254 e. The van der Waals surface area contributed by atoms with E-state index in [1.54, 1.807) is 6.20 Å². The molecular weight excluding hydrogens is 226 g/mol. The molecule has 2 heterocycles. The molecule has 0 atom stereocenters. The summed E-state index contributed by atoms with van der Waals surface area (Å²) in [5.74, 6) is 0. The molecule has 0 saturated heterocycles. The van der Waals surface area contributed by atoms with Crippen LogP contribution in [0.1, 0.15) is 0 Å². The van der Waals surface area contributed by atoms with E-state index in [0.717, 1.165) is 27.2 Å². The Labute approximate surface area is 101 Å². The first-order valence-electron chi connectivity index (χ1n) is 5.56. The highest BCUT2D eigenvalue weighted by molar-refractivity contribution is 6.21. The van der Waals surface area contributed by atoms with Gasteiger partial charge in [-0.15, -0.1) is 10.2 Å². The van der Waals surface area contributed by atoms with Gasteiger partial charge in [0.15, 0.2) is 0 Å². The van der Waals surface area contributed by atoms with Crippen LogP contribution in [0.4, 0.5) is 0 Å². The van der Waals surface area contributed by atoms with Crippen LogP contribution in [0.25, 0.3) is 32.7 Å². The average molecular weight is 233 g/mol. The summed E-state index contributed by atoms with van der Waals surface area (Å²) in [7, 11) is 0. The Kier molecular flexibility index (Phi) is 1.77. The first kappa shape index (κ1) is 9.35. The van der Waals surface area contributed by atoms with E-state index >= 15 is 0 Å². The van der Waals surface area contributed by atoms with Crippen molar-refractivity contribution >= 4 is 32.7 Å². The lowest BCUT2D eigenvalue weighted by atomic mass is 10.0. The molecule has 0 aliphatic heterocycles. The fourth-order valence-corrected chi connectivity index (χ4v) is 2.30. The summed E-state index contributed by atoms with van der Waals surface area (Å²) in [6.07, 6.45) is 1.75. The molecule has 0 saturated carbocycles. The molecule has 84 valence electrons. The van der Waals surface area contributed by atoms with Gasteiger partial charge in [-0.2, -0.15) is 0 Å². The van der Waals surface area contributed by atoms with Crippen LogP contribution in [0.3, 0.4) is 0 Å². The van der Waals surface area contributed by atoms with Crippen LogP contribution in [0.2, 0.25) is 0 Å². The Balaban J connectivity index is 2.46. The Bertz CT molecular complexity index is 667. The van der Waals surface area contributed by atoms with Crippen LogP contribution in [0.5, 0.6) is 0 Å². The summed E-state index contributed by atoms with van der Waals surface area (Å²) in [5.41, 5.74) is 2.25. The lowest BCUT2D eigenvalue weighted by Crippen LogP contribution is -1.95. The number of nitrogens with zero attached hydrogens (tertiary/aromatic N) is 5. The van der Waals surface area contributed by atoms with Crippen LogP contribution in [0, 0.1) is 0 Å². The second-order valence-corrected chi connectivity index (χ2v) is 4.02. The van der Waals surface area contributed by atoms with Gasteiger partial charge in [-0.1, -0.05) is 30.3 Å². The highest BCUT2D eigenvalue weighted by atomic mass is 15.4. The zero-order valence-electron chi connectivity index (χ0n) is 9.28. The number of rotatable bonds is 0. The Morgan fingerprint density at radius 1 is 0.611 bits per heavy atom. The lowest BCUT2D eigenvalue weighted by molar-refractivity contribution is 0.799. The van der Waals surface area contributed by atoms with Crippen LogP contribution >= 0.6 is 0 Å². The van der Waals surface area contributed by atoms with Gasteiger partial charge in [0.1, 0.15) is 16.6 Å². The van der Waals surface area contributed by atoms with Crippen molar-refractivity contribution in [3.8, 4) is 0 Å². The third-order valence-electron chi connectivity index (χ3n) is 3.06. The van der Waals surface area contributed by atoms with Crippen molar-refractivity contribution in [2.24, 2.45) is 0 Å². The standard InChI is InChI=1S/C13H7N5/c1-2-5-10-8(4-1)9-6-3-7-14-11(9)13-12(10)15-17-18-16-13/h1-7H. The third-order valence-corrected chi connectivity index (χ3v) is 3.06. The number of hydrogen-bond donors (Lipinski definition) is 0. The van der Waals surface area contributed by atoms with Crippen molar-refractivity contribution in [2.75, 3.05) is 0 Å². The summed E-state index contributed by atoms with van der Waals surface area (Å²) in [4.78, 5) is 4.39. The molecule has 0 unspecified atom stereocenters. The van der Waals surface area contributed by atoms with Gasteiger partial charge in [-0.25, -0.2) is 0 Å². The fraction of sp³-hybridized carbons (Fsp3) is 0. The molecule has 0 amide bonds. The molecule has 0 aliphatic rings. The summed E-state index contributed by atoms with van der Waals surface area (Å²) < 4.78 is 0. The first-order chi connectivity index (χ1) is 8.95. The summed E-state index contributed by atoms with van der Waals surface area (Å²) in [6.45, 7) is 0. The average Bonchev–Trinajstić information content (AvgIpc) is 2.48. The van der Waals surface area contributed by atoms with E-state index in [4.69, 9.17) is 0 Å². The normalized spacial score (nSPS) is 11.3. The quantitative estimate of drug-likeness (QED) is 0.435. The van der Waals surface area contributed by atoms with E-state index in [0.29, 0.717) is 5.52 Å². The van der Waals surface area contributed by atoms with Crippen molar-refractivity contribution in [3.05, 3.63) is 42.6 Å². The molecule has 0 bridgehead atoms. The minimum Gasteiger partial charge on any atom is -0.254 e. The van der Waals surface area contributed by atoms with E-state index in [1.165, 1.54) is 0 Å². The van der Waals surface area contributed by atoms with Gasteiger partial charge in [0, 0.05) is 17.0 Å². The van der Waals surface area contributed by atoms with Gasteiger partial charge in [0.25, 0.3) is 0 Å². The zero-order valence-corrected chi connectivity index (χ0v) is 9.28. The summed E-state index contributed by atoms with van der Waals surface area (Å²) in [6, 6.07) is 12.0. The van der Waals surface area contributed by atoms with Crippen molar-refractivity contribution in [2.45, 2.75) is 0 Å². The Morgan fingerprint density at radius 2 is 1.28 bits per heavy atom. The number of hydrogen-bond acceptors (Lipinski definition) is 5. The molecule has 0 aliphatic carbocycles. The Morgan fingerprint density at radius 3 is 2.17 bits per heavy atom. The number of pyridine rings is 1. The smallest absolute Gasteiger partial charge is 0.142 e. The number of aromatic nitrogens is 5. The highest BCUT2D eigenvalue weighted by Gasteiger charge is 2.11. The second kappa shape index (κ2) is 3.40. The number of benzene rings is 2. The van der Waals surface area contributed by atoms with E-state index in [1.807, 2.05) is 30.3 Å². The molecule has 5 heteroatoms. The van der Waals surface area contributed by atoms with Gasteiger partial charge in [0.05, 0.1) is 0 Å². The van der Waals surface area contributed by atoms with Crippen molar-refractivity contribution in [3.63, 3.8) is 0 Å². The van der Waals surface area contributed by atoms with Crippen molar-refractivity contribution in [1.82, 2.24) is 25.6 Å². The predicted molar refractivity (Wildman–Crippen MR) is 67.9 cm³/mol. The minimum atomic E-state index is 0.694. The van der Waals surface area contributed by atoms with Crippen LogP contribution in [-0.4, -0.2) is 25.6 Å². The van der Waals surface area contributed by atoms with E-state index in [2.05, 4.69) is 31.7 Å². The molecule has 2 aromatic carbocycles. The minimum absolute atomic E-state index is 0.694. The molecule has 2 aromatic heterocycles. The molecule has 0 radical (unpaired) electrons. The van der Waals surface area contributed by atoms with Gasteiger partial charge in [-0.3, -0.25) is 4.98 Å². The predicted octanol–water partition coefficient (Wildman–Crippen LogP) is 2.12. The maximum absolute atomic E-state index is 4.39. The van der Waals surface area contributed by atoms with Crippen molar-refractivity contribution in [1.29, 1.82) is 0 Å². The summed E-state index contributed by atoms with van der Waals surface area (Å²) >= 11 is 0. The monoisotopic (exact) mass is 233 g/mol. The van der Waals surface area contributed by atoms with E-state index < -0.39 is 0 Å². The van der Waals surface area contributed by atoms with Gasteiger partial charge in [0.2, 0.25) is 0 Å².